The van der Waals surface area contributed by atoms with Gasteiger partial charge in [-0.3, -0.25) is 0 Å². The standard InChI is InChI=1S/C14H9F4NO2/c1-21-13(20)12-9(6-7-11(15)19-12)8-4-2-3-5-10(8)14(16,17)18/h2-7H,1H3. The van der Waals surface area contributed by atoms with Crippen LogP contribution in [0.3, 0.4) is 0 Å². The largest absolute Gasteiger partial charge is 0.464 e. The Balaban J connectivity index is 2.71. The van der Waals surface area contributed by atoms with E-state index >= 15 is 0 Å². The lowest BCUT2D eigenvalue weighted by Gasteiger charge is -2.14. The summed E-state index contributed by atoms with van der Waals surface area (Å²) in [5, 5.41) is 0. The number of methoxy groups -OCH3 is 1. The van der Waals surface area contributed by atoms with Gasteiger partial charge in [0.1, 0.15) is 0 Å². The molecule has 0 amide bonds. The first-order valence-electron chi connectivity index (χ1n) is 5.76. The van der Waals surface area contributed by atoms with Crippen molar-refractivity contribution in [1.29, 1.82) is 0 Å². The fraction of sp³-hybridized carbons (Fsp3) is 0.143. The lowest BCUT2D eigenvalue weighted by molar-refractivity contribution is -0.137. The van der Waals surface area contributed by atoms with Gasteiger partial charge in [-0.25, -0.2) is 9.78 Å². The molecule has 2 rings (SSSR count). The van der Waals surface area contributed by atoms with E-state index in [0.717, 1.165) is 25.3 Å². The van der Waals surface area contributed by atoms with Crippen LogP contribution >= 0.6 is 0 Å². The van der Waals surface area contributed by atoms with Crippen LogP contribution in [0.5, 0.6) is 0 Å². The number of nitrogens with zero attached hydrogens (tertiary/aromatic N) is 1. The van der Waals surface area contributed by atoms with Crippen molar-refractivity contribution in [3.63, 3.8) is 0 Å². The molecular formula is C14H9F4NO2. The molecule has 0 N–H and O–H groups in total. The van der Waals surface area contributed by atoms with E-state index in [1.807, 2.05) is 0 Å². The van der Waals surface area contributed by atoms with Crippen molar-refractivity contribution >= 4 is 5.97 Å². The maximum absolute atomic E-state index is 13.2. The van der Waals surface area contributed by atoms with Gasteiger partial charge in [0, 0.05) is 5.56 Å². The highest BCUT2D eigenvalue weighted by molar-refractivity contribution is 5.95. The van der Waals surface area contributed by atoms with Gasteiger partial charge < -0.3 is 4.74 Å². The highest BCUT2D eigenvalue weighted by Crippen LogP contribution is 2.37. The highest BCUT2D eigenvalue weighted by Gasteiger charge is 2.34. The third kappa shape index (κ3) is 3.01. The lowest BCUT2D eigenvalue weighted by atomic mass is 9.98. The molecule has 1 aromatic carbocycles. The number of esters is 1. The number of ether oxygens (including phenoxy) is 1. The zero-order valence-corrected chi connectivity index (χ0v) is 10.7. The second-order valence-corrected chi connectivity index (χ2v) is 4.07. The lowest BCUT2D eigenvalue weighted by Crippen LogP contribution is -2.11. The average molecular weight is 299 g/mol. The van der Waals surface area contributed by atoms with Gasteiger partial charge in [0.25, 0.3) is 0 Å². The molecule has 0 fully saturated rings. The van der Waals surface area contributed by atoms with Gasteiger partial charge in [0.15, 0.2) is 5.69 Å². The molecule has 0 aliphatic heterocycles. The normalized spacial score (nSPS) is 11.3. The first kappa shape index (κ1) is 15.0. The summed E-state index contributed by atoms with van der Waals surface area (Å²) in [7, 11) is 1.04. The van der Waals surface area contributed by atoms with Crippen LogP contribution in [0.4, 0.5) is 17.6 Å². The SMILES string of the molecule is COC(=O)c1nc(F)ccc1-c1ccccc1C(F)(F)F. The molecule has 3 nitrogen and oxygen atoms in total. The predicted molar refractivity (Wildman–Crippen MR) is 66.0 cm³/mol. The Bertz CT molecular complexity index is 683. The van der Waals surface area contributed by atoms with Crippen molar-refractivity contribution in [3.05, 3.63) is 53.6 Å². The molecule has 0 saturated carbocycles. The molecule has 110 valence electrons. The predicted octanol–water partition coefficient (Wildman–Crippen LogP) is 3.69. The van der Waals surface area contributed by atoms with E-state index < -0.39 is 29.4 Å². The summed E-state index contributed by atoms with van der Waals surface area (Å²) in [6.45, 7) is 0. The van der Waals surface area contributed by atoms with Crippen LogP contribution in [0.15, 0.2) is 36.4 Å². The zero-order chi connectivity index (χ0) is 15.6. The summed E-state index contributed by atoms with van der Waals surface area (Å²) in [6, 6.07) is 6.62. The van der Waals surface area contributed by atoms with Gasteiger partial charge in [-0.2, -0.15) is 17.6 Å². The molecule has 0 unspecified atom stereocenters. The number of rotatable bonds is 2. The van der Waals surface area contributed by atoms with Gasteiger partial charge in [0.05, 0.1) is 12.7 Å². The first-order chi connectivity index (χ1) is 9.84. The summed E-state index contributed by atoms with van der Waals surface area (Å²) >= 11 is 0. The molecule has 1 heterocycles. The molecule has 0 radical (unpaired) electrons. The quantitative estimate of drug-likeness (QED) is 0.482. The van der Waals surface area contributed by atoms with Gasteiger partial charge in [-0.1, -0.05) is 18.2 Å². The zero-order valence-electron chi connectivity index (χ0n) is 10.7. The second-order valence-electron chi connectivity index (χ2n) is 4.07. The number of halogens is 4. The number of alkyl halides is 3. The summed E-state index contributed by atoms with van der Waals surface area (Å²) < 4.78 is 56.6. The van der Waals surface area contributed by atoms with E-state index in [2.05, 4.69) is 9.72 Å². The van der Waals surface area contributed by atoms with E-state index in [1.54, 1.807) is 0 Å². The van der Waals surface area contributed by atoms with E-state index in [4.69, 9.17) is 0 Å². The fourth-order valence-electron chi connectivity index (χ4n) is 1.87. The summed E-state index contributed by atoms with van der Waals surface area (Å²) in [5.74, 6) is -2.00. The molecule has 0 aliphatic carbocycles. The Hall–Kier alpha value is -2.44. The number of hydrogen-bond donors (Lipinski definition) is 0. The number of pyridine rings is 1. The van der Waals surface area contributed by atoms with Crippen LogP contribution in [0.1, 0.15) is 16.1 Å². The summed E-state index contributed by atoms with van der Waals surface area (Å²) in [6.07, 6.45) is -4.61. The molecule has 7 heteroatoms. The number of carbonyl (C=O) groups excluding carboxylic acids is 1. The third-order valence-corrected chi connectivity index (χ3v) is 2.76. The summed E-state index contributed by atoms with van der Waals surface area (Å²) in [4.78, 5) is 14.9. The number of aromatic nitrogens is 1. The van der Waals surface area contributed by atoms with Crippen molar-refractivity contribution in [1.82, 2.24) is 4.98 Å². The fourth-order valence-corrected chi connectivity index (χ4v) is 1.87. The molecule has 1 aromatic heterocycles. The number of carbonyl (C=O) groups is 1. The van der Waals surface area contributed by atoms with Crippen LogP contribution in [-0.4, -0.2) is 18.1 Å². The van der Waals surface area contributed by atoms with Crippen molar-refractivity contribution < 1.29 is 27.1 Å². The molecule has 0 atom stereocenters. The van der Waals surface area contributed by atoms with Gasteiger partial charge in [0.2, 0.25) is 5.95 Å². The summed E-state index contributed by atoms with van der Waals surface area (Å²) in [5.41, 5.74) is -1.85. The molecule has 0 aliphatic rings. The minimum absolute atomic E-state index is 0.142. The number of hydrogen-bond acceptors (Lipinski definition) is 3. The third-order valence-electron chi connectivity index (χ3n) is 2.76. The van der Waals surface area contributed by atoms with Crippen molar-refractivity contribution in [2.45, 2.75) is 6.18 Å². The topological polar surface area (TPSA) is 39.2 Å². The van der Waals surface area contributed by atoms with Crippen LogP contribution in [0, 0.1) is 5.95 Å². The first-order valence-corrected chi connectivity index (χ1v) is 5.76. The molecule has 2 aromatic rings. The Kier molecular flexibility index (Phi) is 3.93. The minimum atomic E-state index is -4.61. The molecule has 0 spiro atoms. The molecule has 0 bridgehead atoms. The van der Waals surface area contributed by atoms with Gasteiger partial charge in [-0.05, 0) is 23.8 Å². The Morgan fingerprint density at radius 1 is 1.10 bits per heavy atom. The van der Waals surface area contributed by atoms with Gasteiger partial charge >= 0.3 is 12.1 Å². The van der Waals surface area contributed by atoms with E-state index in [0.29, 0.717) is 0 Å². The Morgan fingerprint density at radius 3 is 2.38 bits per heavy atom. The van der Waals surface area contributed by atoms with Crippen molar-refractivity contribution in [2.24, 2.45) is 0 Å². The van der Waals surface area contributed by atoms with Crippen LogP contribution in [-0.2, 0) is 10.9 Å². The van der Waals surface area contributed by atoms with Crippen LogP contribution in [0.25, 0.3) is 11.1 Å². The molecular weight excluding hydrogens is 290 g/mol. The maximum atomic E-state index is 13.2. The van der Waals surface area contributed by atoms with E-state index in [-0.39, 0.29) is 11.1 Å². The molecule has 0 saturated heterocycles. The molecule has 21 heavy (non-hydrogen) atoms. The van der Waals surface area contributed by atoms with Crippen molar-refractivity contribution in [2.75, 3.05) is 7.11 Å². The van der Waals surface area contributed by atoms with E-state index in [1.165, 1.54) is 18.2 Å². The van der Waals surface area contributed by atoms with Crippen LogP contribution < -0.4 is 0 Å². The van der Waals surface area contributed by atoms with Crippen molar-refractivity contribution in [3.8, 4) is 11.1 Å². The van der Waals surface area contributed by atoms with E-state index in [9.17, 15) is 22.4 Å². The Labute approximate surface area is 117 Å². The monoisotopic (exact) mass is 299 g/mol. The maximum Gasteiger partial charge on any atom is 0.417 e. The van der Waals surface area contributed by atoms with Crippen LogP contribution in [0.2, 0.25) is 0 Å². The highest BCUT2D eigenvalue weighted by atomic mass is 19.4. The van der Waals surface area contributed by atoms with Gasteiger partial charge in [-0.15, -0.1) is 0 Å². The minimum Gasteiger partial charge on any atom is -0.464 e. The number of benzene rings is 1. The second kappa shape index (κ2) is 5.51. The average Bonchev–Trinajstić information content (AvgIpc) is 2.45. The Morgan fingerprint density at radius 2 is 1.76 bits per heavy atom. The smallest absolute Gasteiger partial charge is 0.417 e.